The summed E-state index contributed by atoms with van der Waals surface area (Å²) in [4.78, 5) is 11.9. The van der Waals surface area contributed by atoms with Gasteiger partial charge in [0.15, 0.2) is 17.4 Å². The molecule has 1 aliphatic carbocycles. The first-order chi connectivity index (χ1) is 9.52. The molecular formula is C15H15F2NO2. The molecule has 0 aromatic heterocycles. The highest BCUT2D eigenvalue weighted by atomic mass is 19.1. The van der Waals surface area contributed by atoms with Crippen molar-refractivity contribution in [3.63, 3.8) is 0 Å². The average Bonchev–Trinajstić information content (AvgIpc) is 3.21. The molecule has 106 valence electrons. The molecule has 3 nitrogen and oxygen atoms in total. The van der Waals surface area contributed by atoms with Gasteiger partial charge >= 0.3 is 0 Å². The lowest BCUT2D eigenvalue weighted by atomic mass is 10.1. The lowest BCUT2D eigenvalue weighted by Crippen LogP contribution is -2.34. The van der Waals surface area contributed by atoms with E-state index in [0.717, 1.165) is 25.0 Å². The predicted octanol–water partition coefficient (Wildman–Crippen LogP) is 2.51. The van der Waals surface area contributed by atoms with Crippen LogP contribution >= 0.6 is 0 Å². The molecule has 1 unspecified atom stereocenters. The molecule has 0 radical (unpaired) electrons. The van der Waals surface area contributed by atoms with Gasteiger partial charge in [-0.15, -0.1) is 6.42 Å². The second-order valence-corrected chi connectivity index (χ2v) is 4.86. The maximum Gasteiger partial charge on any atom is 0.251 e. The number of hydrogen-bond donors (Lipinski definition) is 1. The molecule has 0 spiro atoms. The van der Waals surface area contributed by atoms with Gasteiger partial charge in [0.05, 0.1) is 0 Å². The Morgan fingerprint density at radius 3 is 2.60 bits per heavy atom. The zero-order valence-electron chi connectivity index (χ0n) is 11.1. The highest BCUT2D eigenvalue weighted by molar-refractivity contribution is 5.94. The van der Waals surface area contributed by atoms with Crippen molar-refractivity contribution in [2.75, 3.05) is 6.61 Å². The van der Waals surface area contributed by atoms with E-state index in [0.29, 0.717) is 5.92 Å². The number of nitrogens with one attached hydrogen (secondary N) is 1. The topological polar surface area (TPSA) is 38.3 Å². The third-order valence-electron chi connectivity index (χ3n) is 3.25. The highest BCUT2D eigenvalue weighted by Crippen LogP contribution is 2.32. The van der Waals surface area contributed by atoms with Gasteiger partial charge in [0.1, 0.15) is 6.61 Å². The minimum Gasteiger partial charge on any atom is -0.475 e. The van der Waals surface area contributed by atoms with Crippen molar-refractivity contribution in [3.8, 4) is 18.1 Å². The van der Waals surface area contributed by atoms with Crippen molar-refractivity contribution in [3.05, 3.63) is 29.3 Å². The van der Waals surface area contributed by atoms with Crippen LogP contribution in [0.4, 0.5) is 8.78 Å². The van der Waals surface area contributed by atoms with Crippen molar-refractivity contribution in [1.29, 1.82) is 0 Å². The molecular weight excluding hydrogens is 264 g/mol. The molecule has 1 fully saturated rings. The van der Waals surface area contributed by atoms with E-state index in [1.807, 2.05) is 6.92 Å². The van der Waals surface area contributed by atoms with Crippen LogP contribution in [0.3, 0.4) is 0 Å². The first-order valence-corrected chi connectivity index (χ1v) is 6.39. The standard InChI is InChI=1S/C15H15F2NO2/c1-3-6-20-14-12(16)7-11(8-13(14)17)15(19)18-9(2)10-4-5-10/h1,7-10H,4-6H2,2H3,(H,18,19). The smallest absolute Gasteiger partial charge is 0.251 e. The maximum absolute atomic E-state index is 13.7. The Morgan fingerprint density at radius 2 is 2.10 bits per heavy atom. The second kappa shape index (κ2) is 5.91. The van der Waals surface area contributed by atoms with E-state index in [4.69, 9.17) is 11.2 Å². The Hall–Kier alpha value is -2.09. The monoisotopic (exact) mass is 279 g/mol. The fourth-order valence-corrected chi connectivity index (χ4v) is 1.95. The summed E-state index contributed by atoms with van der Waals surface area (Å²) in [7, 11) is 0. The summed E-state index contributed by atoms with van der Waals surface area (Å²) >= 11 is 0. The third-order valence-corrected chi connectivity index (χ3v) is 3.25. The Labute approximate surface area is 116 Å². The van der Waals surface area contributed by atoms with Crippen LogP contribution in [-0.2, 0) is 0 Å². The predicted molar refractivity (Wildman–Crippen MR) is 70.3 cm³/mol. The number of carbonyl (C=O) groups excluding carboxylic acids is 1. The molecule has 1 atom stereocenters. The van der Waals surface area contributed by atoms with Crippen molar-refractivity contribution in [1.82, 2.24) is 5.32 Å². The van der Waals surface area contributed by atoms with Gasteiger partial charge in [0.2, 0.25) is 0 Å². The van der Waals surface area contributed by atoms with Crippen LogP contribution in [0.1, 0.15) is 30.1 Å². The van der Waals surface area contributed by atoms with Crippen molar-refractivity contribution < 1.29 is 18.3 Å². The van der Waals surface area contributed by atoms with Gasteiger partial charge in [-0.05, 0) is 37.8 Å². The number of halogens is 2. The van der Waals surface area contributed by atoms with Crippen LogP contribution in [0.2, 0.25) is 0 Å². The van der Waals surface area contributed by atoms with Gasteiger partial charge < -0.3 is 10.1 Å². The van der Waals surface area contributed by atoms with Gasteiger partial charge in [-0.1, -0.05) is 5.92 Å². The summed E-state index contributed by atoms with van der Waals surface area (Å²) in [6, 6.07) is 1.90. The molecule has 1 saturated carbocycles. The second-order valence-electron chi connectivity index (χ2n) is 4.86. The summed E-state index contributed by atoms with van der Waals surface area (Å²) in [5.74, 6) is -0.352. The Bertz CT molecular complexity index is 538. The van der Waals surface area contributed by atoms with Crippen molar-refractivity contribution >= 4 is 5.91 Å². The number of rotatable bonds is 5. The SMILES string of the molecule is C#CCOc1c(F)cc(C(=O)NC(C)C2CC2)cc1F. The molecule has 0 bridgehead atoms. The number of hydrogen-bond acceptors (Lipinski definition) is 2. The van der Waals surface area contributed by atoms with E-state index in [1.165, 1.54) is 0 Å². The summed E-state index contributed by atoms with van der Waals surface area (Å²) in [5.41, 5.74) is -0.0689. The van der Waals surface area contributed by atoms with Crippen LogP contribution in [-0.4, -0.2) is 18.6 Å². The molecule has 1 N–H and O–H groups in total. The molecule has 0 heterocycles. The van der Waals surface area contributed by atoms with E-state index < -0.39 is 23.3 Å². The van der Waals surface area contributed by atoms with E-state index in [1.54, 1.807) is 0 Å². The minimum atomic E-state index is -0.940. The van der Waals surface area contributed by atoms with Crippen molar-refractivity contribution in [2.45, 2.75) is 25.8 Å². The van der Waals surface area contributed by atoms with Gasteiger partial charge in [0, 0.05) is 11.6 Å². The average molecular weight is 279 g/mol. The van der Waals surface area contributed by atoms with Crippen molar-refractivity contribution in [2.24, 2.45) is 5.92 Å². The lowest BCUT2D eigenvalue weighted by molar-refractivity contribution is 0.0934. The normalized spacial score (nSPS) is 15.3. The van der Waals surface area contributed by atoms with Crippen LogP contribution in [0, 0.1) is 29.9 Å². The summed E-state index contributed by atoms with van der Waals surface area (Å²) in [5, 5.41) is 2.73. The van der Waals surface area contributed by atoms with E-state index in [9.17, 15) is 13.6 Å². The van der Waals surface area contributed by atoms with Gasteiger partial charge in [-0.2, -0.15) is 0 Å². The number of amides is 1. The van der Waals surface area contributed by atoms with Gasteiger partial charge in [-0.25, -0.2) is 8.78 Å². The molecule has 1 aromatic carbocycles. The summed E-state index contributed by atoms with van der Waals surface area (Å²) in [6.07, 6.45) is 7.10. The Balaban J connectivity index is 2.12. The molecule has 1 aromatic rings. The molecule has 20 heavy (non-hydrogen) atoms. The number of ether oxygens (including phenoxy) is 1. The van der Waals surface area contributed by atoms with E-state index in [2.05, 4.69) is 11.2 Å². The fraction of sp³-hybridized carbons (Fsp3) is 0.400. The quantitative estimate of drug-likeness (QED) is 0.841. The molecule has 2 rings (SSSR count). The zero-order valence-corrected chi connectivity index (χ0v) is 11.1. The zero-order chi connectivity index (χ0) is 14.7. The summed E-state index contributed by atoms with van der Waals surface area (Å²) < 4.78 is 32.1. The Kier molecular flexibility index (Phi) is 4.23. The summed E-state index contributed by atoms with van der Waals surface area (Å²) in [6.45, 7) is 1.64. The number of carbonyl (C=O) groups is 1. The maximum atomic E-state index is 13.7. The van der Waals surface area contributed by atoms with E-state index >= 15 is 0 Å². The lowest BCUT2D eigenvalue weighted by Gasteiger charge is -2.13. The molecule has 5 heteroatoms. The van der Waals surface area contributed by atoms with Crippen LogP contribution in [0.25, 0.3) is 0 Å². The molecule has 0 saturated heterocycles. The Morgan fingerprint density at radius 1 is 1.50 bits per heavy atom. The van der Waals surface area contributed by atoms with Crippen LogP contribution in [0.5, 0.6) is 5.75 Å². The van der Waals surface area contributed by atoms with E-state index in [-0.39, 0.29) is 18.2 Å². The van der Waals surface area contributed by atoms with Crippen LogP contribution in [0.15, 0.2) is 12.1 Å². The molecule has 0 aliphatic heterocycles. The minimum absolute atomic E-state index is 0.00555. The number of benzene rings is 1. The largest absolute Gasteiger partial charge is 0.475 e. The highest BCUT2D eigenvalue weighted by Gasteiger charge is 2.29. The first kappa shape index (κ1) is 14.3. The molecule has 1 aliphatic rings. The fourth-order valence-electron chi connectivity index (χ4n) is 1.95. The number of terminal acetylenes is 1. The third kappa shape index (κ3) is 3.27. The van der Waals surface area contributed by atoms with Gasteiger partial charge in [0.25, 0.3) is 5.91 Å². The van der Waals surface area contributed by atoms with Crippen LogP contribution < -0.4 is 10.1 Å². The molecule has 1 amide bonds. The first-order valence-electron chi connectivity index (χ1n) is 6.39. The van der Waals surface area contributed by atoms with Gasteiger partial charge in [-0.3, -0.25) is 4.79 Å².